The van der Waals surface area contributed by atoms with Gasteiger partial charge in [-0.15, -0.1) is 34.0 Å². The number of thiophene rings is 4. The van der Waals surface area contributed by atoms with Gasteiger partial charge in [-0.1, -0.05) is 73.1 Å². The van der Waals surface area contributed by atoms with E-state index in [9.17, 15) is 4.39 Å². The van der Waals surface area contributed by atoms with Gasteiger partial charge < -0.3 is 0 Å². The molecule has 4 aromatic rings. The largest absolute Gasteiger partial charge is 0.241 e. The number of aryl methyl sites for hydroxylation is 1. The summed E-state index contributed by atoms with van der Waals surface area (Å²) in [5.41, 5.74) is 0. The van der Waals surface area contributed by atoms with Crippen LogP contribution < -0.4 is 0 Å². The van der Waals surface area contributed by atoms with Crippen LogP contribution in [0.1, 0.15) is 103 Å². The van der Waals surface area contributed by atoms with E-state index in [1.807, 2.05) is 35.6 Å². The van der Waals surface area contributed by atoms with Crippen molar-refractivity contribution < 1.29 is 4.39 Å². The molecule has 4 aromatic heterocycles. The van der Waals surface area contributed by atoms with Crippen LogP contribution in [0.15, 0.2) is 48.5 Å². The summed E-state index contributed by atoms with van der Waals surface area (Å²) in [7, 11) is 0. The molecule has 0 saturated carbocycles. The van der Waals surface area contributed by atoms with Crippen molar-refractivity contribution in [1.29, 1.82) is 0 Å². The minimum Gasteiger partial charge on any atom is -0.227 e. The number of rotatable bonds is 4. The summed E-state index contributed by atoms with van der Waals surface area (Å²) in [4.78, 5) is 10.0. The van der Waals surface area contributed by atoms with Crippen LogP contribution >= 0.6 is 56.9 Å². The van der Waals surface area contributed by atoms with E-state index in [1.165, 1.54) is 36.9 Å². The molecule has 0 saturated heterocycles. The maximum atomic E-state index is 12.3. The van der Waals surface area contributed by atoms with Gasteiger partial charge in [0.1, 0.15) is 0 Å². The highest BCUT2D eigenvalue weighted by molar-refractivity contribution is 7.16. The van der Waals surface area contributed by atoms with Gasteiger partial charge in [0.25, 0.3) is 0 Å². The molecule has 0 spiro atoms. The number of nitrogens with zero attached hydrogens (tertiary/aromatic N) is 1. The van der Waals surface area contributed by atoms with E-state index in [1.54, 1.807) is 22.7 Å². The molecule has 0 amide bonds. The molecule has 0 aliphatic rings. The highest BCUT2D eigenvalue weighted by Gasteiger charge is 2.03. The lowest BCUT2D eigenvalue weighted by atomic mass is 10.2. The summed E-state index contributed by atoms with van der Waals surface area (Å²) < 4.78 is 13.2. The van der Waals surface area contributed by atoms with Crippen LogP contribution in [0.2, 0.25) is 4.34 Å². The topological polar surface area (TPSA) is 4.36 Å². The Morgan fingerprint density at radius 2 is 1.05 bits per heavy atom. The van der Waals surface area contributed by atoms with E-state index in [-0.39, 0.29) is 5.13 Å². The van der Waals surface area contributed by atoms with Gasteiger partial charge in [-0.05, 0) is 77.9 Å². The Morgan fingerprint density at radius 1 is 0.622 bits per heavy atom. The standard InChI is InChI=1S/C8H9NS.C8H12S.C7H9ClS.C7H9FS/c1-6(2)7-4-5-8(9-3)10-7;1-6(2)8-5-4-7(3)9-8;2*1-5(2)6-3-4-7(8)9-6/h4-6H,1-2H3;4-6H,1-3H3;2*3-5H,1-2H3. The van der Waals surface area contributed by atoms with E-state index >= 15 is 0 Å². The Balaban J connectivity index is 0.000000247. The average Bonchev–Trinajstić information content (AvgIpc) is 3.62. The molecular weight excluding hydrogens is 557 g/mol. The molecule has 0 bridgehead atoms. The van der Waals surface area contributed by atoms with Crippen LogP contribution in [0.4, 0.5) is 9.39 Å². The van der Waals surface area contributed by atoms with Crippen molar-refractivity contribution in [3.8, 4) is 0 Å². The minimum atomic E-state index is -0.0845. The molecule has 4 heterocycles. The molecular formula is C30H39ClFNS4. The van der Waals surface area contributed by atoms with E-state index in [4.69, 9.17) is 18.2 Å². The van der Waals surface area contributed by atoms with Crippen molar-refractivity contribution in [3.63, 3.8) is 0 Å². The number of hydrogen-bond donors (Lipinski definition) is 0. The third kappa shape index (κ3) is 13.2. The third-order valence-electron chi connectivity index (χ3n) is 4.95. The van der Waals surface area contributed by atoms with Crippen molar-refractivity contribution >= 4 is 61.9 Å². The number of halogens is 2. The Labute approximate surface area is 244 Å². The second kappa shape index (κ2) is 17.2. The second-order valence-corrected chi connectivity index (χ2v) is 14.9. The average molecular weight is 596 g/mol. The van der Waals surface area contributed by atoms with Gasteiger partial charge in [0.05, 0.1) is 10.9 Å². The van der Waals surface area contributed by atoms with Gasteiger partial charge in [-0.3, -0.25) is 0 Å². The maximum Gasteiger partial charge on any atom is 0.241 e. The number of hydrogen-bond acceptors (Lipinski definition) is 4. The summed E-state index contributed by atoms with van der Waals surface area (Å²) in [5, 5.41) is 0.711. The predicted octanol–water partition coefficient (Wildman–Crippen LogP) is 13.1. The first kappa shape index (κ1) is 33.5. The summed E-state index contributed by atoms with van der Waals surface area (Å²) in [6.45, 7) is 26.1. The Bertz CT molecular complexity index is 1100. The fraction of sp³-hybridized carbons (Fsp3) is 0.433. The molecule has 0 aromatic carbocycles. The van der Waals surface area contributed by atoms with Crippen LogP contribution in [-0.2, 0) is 0 Å². The van der Waals surface area contributed by atoms with Crippen molar-refractivity contribution in [1.82, 2.24) is 0 Å². The molecule has 0 aliphatic carbocycles. The van der Waals surface area contributed by atoms with Crippen LogP contribution in [0.3, 0.4) is 0 Å². The van der Waals surface area contributed by atoms with E-state index in [2.05, 4.69) is 85.4 Å². The van der Waals surface area contributed by atoms with Crippen molar-refractivity contribution in [3.05, 3.63) is 93.8 Å². The van der Waals surface area contributed by atoms with Gasteiger partial charge in [-0.2, -0.15) is 15.7 Å². The van der Waals surface area contributed by atoms with Gasteiger partial charge in [-0.25, -0.2) is 4.85 Å². The molecule has 4 rings (SSSR count). The van der Waals surface area contributed by atoms with E-state index in [0.717, 1.165) is 14.2 Å². The monoisotopic (exact) mass is 595 g/mol. The molecule has 202 valence electrons. The quantitative estimate of drug-likeness (QED) is 0.207. The smallest absolute Gasteiger partial charge is 0.227 e. The zero-order valence-corrected chi connectivity index (χ0v) is 27.3. The zero-order valence-electron chi connectivity index (χ0n) is 23.3. The lowest BCUT2D eigenvalue weighted by Crippen LogP contribution is -1.77. The van der Waals surface area contributed by atoms with Crippen molar-refractivity contribution in [2.45, 2.75) is 86.0 Å². The highest BCUT2D eigenvalue weighted by atomic mass is 35.5. The normalized spacial score (nSPS) is 10.4. The molecule has 0 fully saturated rings. The highest BCUT2D eigenvalue weighted by Crippen LogP contribution is 2.30. The molecule has 0 aliphatic heterocycles. The van der Waals surface area contributed by atoms with Gasteiger partial charge in [0, 0.05) is 19.5 Å². The van der Waals surface area contributed by atoms with Crippen LogP contribution in [0.5, 0.6) is 0 Å². The lowest BCUT2D eigenvalue weighted by Gasteiger charge is -1.96. The molecule has 0 N–H and O–H groups in total. The van der Waals surface area contributed by atoms with Crippen molar-refractivity contribution in [2.24, 2.45) is 0 Å². The summed E-state index contributed by atoms with van der Waals surface area (Å²) >= 11 is 12.1. The zero-order chi connectivity index (χ0) is 28.1. The Kier molecular flexibility index (Phi) is 15.6. The lowest BCUT2D eigenvalue weighted by molar-refractivity contribution is 0.657. The molecule has 0 atom stereocenters. The molecule has 0 radical (unpaired) electrons. The summed E-state index contributed by atoms with van der Waals surface area (Å²) in [6.07, 6.45) is 0. The van der Waals surface area contributed by atoms with Crippen molar-refractivity contribution in [2.75, 3.05) is 0 Å². The van der Waals surface area contributed by atoms with Gasteiger partial charge in [0.2, 0.25) is 5.00 Å². The molecule has 37 heavy (non-hydrogen) atoms. The summed E-state index contributed by atoms with van der Waals surface area (Å²) in [6, 6.07) is 15.7. The summed E-state index contributed by atoms with van der Waals surface area (Å²) in [5.74, 6) is 2.33. The van der Waals surface area contributed by atoms with Crippen LogP contribution in [-0.4, -0.2) is 0 Å². The predicted molar refractivity (Wildman–Crippen MR) is 170 cm³/mol. The molecule has 1 nitrogen and oxygen atoms in total. The van der Waals surface area contributed by atoms with Gasteiger partial charge >= 0.3 is 0 Å². The molecule has 0 unspecified atom stereocenters. The SMILES string of the molecule is CC(C)c1ccc(Cl)s1.CC(C)c1ccc(F)s1.Cc1ccc(C(C)C)s1.[C-]#[N+]c1ccc(C(C)C)s1. The van der Waals surface area contributed by atoms with E-state index < -0.39 is 0 Å². The Hall–Kier alpha value is -1.49. The first-order valence-corrected chi connectivity index (χ1v) is 16.0. The Morgan fingerprint density at radius 3 is 1.30 bits per heavy atom. The second-order valence-electron chi connectivity index (χ2n) is 9.64. The van der Waals surface area contributed by atoms with Crippen LogP contribution in [0.25, 0.3) is 4.85 Å². The fourth-order valence-corrected chi connectivity index (χ4v) is 6.22. The first-order chi connectivity index (χ1) is 17.3. The first-order valence-electron chi connectivity index (χ1n) is 12.4. The fourth-order valence-electron chi connectivity index (χ4n) is 2.75. The minimum absolute atomic E-state index is 0.0845. The van der Waals surface area contributed by atoms with E-state index in [0.29, 0.717) is 23.7 Å². The third-order valence-corrected chi connectivity index (χ3v) is 10.2. The maximum absolute atomic E-state index is 12.3. The van der Waals surface area contributed by atoms with Gasteiger partial charge in [0.15, 0.2) is 5.13 Å². The molecule has 7 heteroatoms. The van der Waals surface area contributed by atoms with Crippen LogP contribution in [0, 0.1) is 18.6 Å².